The molecule has 1 aliphatic carbocycles. The van der Waals surface area contributed by atoms with Gasteiger partial charge in [-0.3, -0.25) is 20.0 Å². The topological polar surface area (TPSA) is 130 Å². The highest BCUT2D eigenvalue weighted by atomic mass is 19.3. The number of halogens is 2. The Labute approximate surface area is 269 Å². The van der Waals surface area contributed by atoms with Crippen molar-refractivity contribution in [1.29, 1.82) is 5.41 Å². The maximum absolute atomic E-state index is 14.6. The van der Waals surface area contributed by atoms with Crippen molar-refractivity contribution < 1.29 is 27.8 Å². The summed E-state index contributed by atoms with van der Waals surface area (Å²) < 4.78 is 37.0. The molecular weight excluding hydrogens is 592 g/mol. The number of amides is 2. The minimum atomic E-state index is -3.77. The lowest BCUT2D eigenvalue weighted by Gasteiger charge is -2.47. The summed E-state index contributed by atoms with van der Waals surface area (Å²) in [6.45, 7) is 13.2. The van der Waals surface area contributed by atoms with E-state index in [-0.39, 0.29) is 58.3 Å². The first-order valence-electron chi connectivity index (χ1n) is 15.9. The Bertz CT molecular complexity index is 1530. The number of aliphatic imine (C=N–C) groups is 1. The number of rotatable bonds is 8. The van der Waals surface area contributed by atoms with Crippen molar-refractivity contribution in [1.82, 2.24) is 10.2 Å². The van der Waals surface area contributed by atoms with Crippen LogP contribution in [0.3, 0.4) is 0 Å². The largest absolute Gasteiger partial charge is 0.586 e. The van der Waals surface area contributed by atoms with Crippen molar-refractivity contribution in [3.63, 3.8) is 0 Å². The second-order valence-corrected chi connectivity index (χ2v) is 15.0. The fourth-order valence-corrected chi connectivity index (χ4v) is 6.78. The van der Waals surface area contributed by atoms with Crippen molar-refractivity contribution >= 4 is 23.4 Å². The van der Waals surface area contributed by atoms with Gasteiger partial charge in [0.2, 0.25) is 0 Å². The van der Waals surface area contributed by atoms with Crippen LogP contribution in [0.5, 0.6) is 11.5 Å². The van der Waals surface area contributed by atoms with Gasteiger partial charge >= 0.3 is 6.29 Å². The quantitative estimate of drug-likeness (QED) is 0.216. The van der Waals surface area contributed by atoms with Crippen molar-refractivity contribution in [2.45, 2.75) is 98.1 Å². The van der Waals surface area contributed by atoms with Crippen LogP contribution in [-0.2, 0) is 4.79 Å². The Morgan fingerprint density at radius 2 is 1.70 bits per heavy atom. The Morgan fingerprint density at radius 1 is 1.07 bits per heavy atom. The molecule has 0 bridgehead atoms. The fourth-order valence-electron chi connectivity index (χ4n) is 6.78. The highest BCUT2D eigenvalue weighted by Crippen LogP contribution is 2.51. The molecule has 1 atom stereocenters. The number of nitrogens with one attached hydrogen (secondary N) is 2. The normalized spacial score (nSPS) is 23.0. The predicted octanol–water partition coefficient (Wildman–Crippen LogP) is 6.81. The number of alkyl halides is 2. The van der Waals surface area contributed by atoms with Crippen molar-refractivity contribution in [2.75, 3.05) is 6.54 Å². The Kier molecular flexibility index (Phi) is 8.68. The van der Waals surface area contributed by atoms with E-state index in [1.165, 1.54) is 12.1 Å². The van der Waals surface area contributed by atoms with Crippen molar-refractivity contribution in [2.24, 2.45) is 27.5 Å². The van der Waals surface area contributed by atoms with E-state index in [4.69, 9.17) is 20.9 Å². The van der Waals surface area contributed by atoms with E-state index in [2.05, 4.69) is 51.6 Å². The molecule has 1 fully saturated rings. The highest BCUT2D eigenvalue weighted by Gasteiger charge is 2.53. The zero-order valence-corrected chi connectivity index (χ0v) is 27.5. The summed E-state index contributed by atoms with van der Waals surface area (Å²) in [7, 11) is 0. The third kappa shape index (κ3) is 7.03. The summed E-state index contributed by atoms with van der Waals surface area (Å²) in [5, 5.41) is 10.0. The minimum absolute atomic E-state index is 0.0170. The van der Waals surface area contributed by atoms with Crippen LogP contribution in [0.15, 0.2) is 47.5 Å². The molecule has 0 aromatic heterocycles. The second-order valence-electron chi connectivity index (χ2n) is 15.0. The maximum atomic E-state index is 14.6. The van der Waals surface area contributed by atoms with Crippen LogP contribution in [0.25, 0.3) is 0 Å². The number of hydrogen-bond donors (Lipinski definition) is 3. The van der Waals surface area contributed by atoms with Crippen LogP contribution in [0.2, 0.25) is 0 Å². The van der Waals surface area contributed by atoms with Gasteiger partial charge in [0.15, 0.2) is 11.5 Å². The standard InChI is InChI=1S/C35H45F2N5O4/c1-32(2,3)16-15-25(21-7-9-22(10-8-21)30(43)40-20-28(38)39)42-31(44)29(23-11-12-26-27(19-23)46-35(36,37)45-26)41-34(42)17-13-24(14-18-34)33(4,5)6/h7-12,19,24-25H,13-18,20H2,1-6H3,(H3,38,39)(H,40,43). The summed E-state index contributed by atoms with van der Waals surface area (Å²) in [4.78, 5) is 34.4. The van der Waals surface area contributed by atoms with Gasteiger partial charge in [0.1, 0.15) is 17.2 Å². The molecule has 1 unspecified atom stereocenters. The molecular formula is C35H45F2N5O4. The first kappa shape index (κ1) is 33.3. The maximum Gasteiger partial charge on any atom is 0.586 e. The highest BCUT2D eigenvalue weighted by molar-refractivity contribution is 6.47. The number of amidine groups is 1. The predicted molar refractivity (Wildman–Crippen MR) is 172 cm³/mol. The van der Waals surface area contributed by atoms with Gasteiger partial charge in [0.25, 0.3) is 11.8 Å². The molecule has 3 aliphatic rings. The van der Waals surface area contributed by atoms with Crippen LogP contribution in [0, 0.1) is 22.2 Å². The van der Waals surface area contributed by atoms with Gasteiger partial charge in [-0.1, -0.05) is 53.7 Å². The minimum Gasteiger partial charge on any atom is -0.395 e. The smallest absolute Gasteiger partial charge is 0.395 e. The van der Waals surface area contributed by atoms with Crippen molar-refractivity contribution in [3.05, 3.63) is 59.2 Å². The summed E-state index contributed by atoms with van der Waals surface area (Å²) >= 11 is 0. The average molecular weight is 638 g/mol. The molecule has 2 heterocycles. The molecule has 9 nitrogen and oxygen atoms in total. The Morgan fingerprint density at radius 3 is 2.28 bits per heavy atom. The summed E-state index contributed by atoms with van der Waals surface area (Å²) in [6.07, 6.45) is 0.823. The molecule has 11 heteroatoms. The number of ether oxygens (including phenoxy) is 2. The molecule has 2 aromatic carbocycles. The van der Waals surface area contributed by atoms with Gasteiger partial charge in [0.05, 0.1) is 12.6 Å². The third-order valence-corrected chi connectivity index (χ3v) is 9.35. The monoisotopic (exact) mass is 637 g/mol. The van der Waals surface area contributed by atoms with Gasteiger partial charge < -0.3 is 25.4 Å². The van der Waals surface area contributed by atoms with E-state index in [0.717, 1.165) is 24.8 Å². The van der Waals surface area contributed by atoms with E-state index < -0.39 is 12.0 Å². The zero-order valence-electron chi connectivity index (χ0n) is 27.5. The first-order chi connectivity index (χ1) is 21.4. The van der Waals surface area contributed by atoms with E-state index in [9.17, 15) is 18.4 Å². The fraction of sp³-hybridized carbons (Fsp3) is 0.543. The molecule has 1 spiro atoms. The van der Waals surface area contributed by atoms with Gasteiger partial charge in [-0.2, -0.15) is 0 Å². The number of nitrogens with two attached hydrogens (primary N) is 1. The molecule has 2 aromatic rings. The van der Waals surface area contributed by atoms with Gasteiger partial charge in [-0.25, -0.2) is 0 Å². The molecule has 0 saturated heterocycles. The van der Waals surface area contributed by atoms with Crippen molar-refractivity contribution in [3.8, 4) is 11.5 Å². The molecule has 5 rings (SSSR count). The lowest BCUT2D eigenvalue weighted by atomic mass is 9.69. The lowest BCUT2D eigenvalue weighted by Crippen LogP contribution is -2.51. The second kappa shape index (κ2) is 12.0. The molecule has 4 N–H and O–H groups in total. The first-order valence-corrected chi connectivity index (χ1v) is 15.9. The number of nitrogens with zero attached hydrogens (tertiary/aromatic N) is 2. The molecule has 2 amide bonds. The van der Waals surface area contributed by atoms with E-state index in [1.807, 2.05) is 17.0 Å². The van der Waals surface area contributed by atoms with E-state index in [1.54, 1.807) is 18.2 Å². The molecule has 248 valence electrons. The van der Waals surface area contributed by atoms with Crippen LogP contribution < -0.4 is 20.5 Å². The molecule has 0 radical (unpaired) electrons. The summed E-state index contributed by atoms with van der Waals surface area (Å²) in [5.74, 6) is -0.512. The molecule has 46 heavy (non-hydrogen) atoms. The number of carbonyl (C=O) groups is 2. The Balaban J connectivity index is 1.54. The number of benzene rings is 2. The van der Waals surface area contributed by atoms with Crippen LogP contribution in [-0.4, -0.2) is 46.8 Å². The lowest BCUT2D eigenvalue weighted by molar-refractivity contribution is -0.286. The number of fused-ring (bicyclic) bond motifs is 1. The van der Waals surface area contributed by atoms with Crippen LogP contribution in [0.4, 0.5) is 8.78 Å². The Hall–Kier alpha value is -4.02. The van der Waals surface area contributed by atoms with Gasteiger partial charge in [0, 0.05) is 11.1 Å². The van der Waals surface area contributed by atoms with E-state index in [0.29, 0.717) is 36.3 Å². The van der Waals surface area contributed by atoms with Gasteiger partial charge in [-0.05, 0) is 91.2 Å². The molecule has 2 aliphatic heterocycles. The molecule has 1 saturated carbocycles. The third-order valence-electron chi connectivity index (χ3n) is 9.35. The van der Waals surface area contributed by atoms with Crippen LogP contribution >= 0.6 is 0 Å². The van der Waals surface area contributed by atoms with Crippen LogP contribution in [0.1, 0.15) is 108 Å². The van der Waals surface area contributed by atoms with E-state index >= 15 is 0 Å². The number of hydrogen-bond acceptors (Lipinski definition) is 6. The number of carbonyl (C=O) groups excluding carboxylic acids is 2. The average Bonchev–Trinajstić information content (AvgIpc) is 3.42. The SMILES string of the molecule is CC(C)(C)CCC(c1ccc(C(=O)NCC(=N)N)cc1)N1C(=O)C(c2ccc3c(c2)OC(F)(F)O3)=NC12CCC(C(C)(C)C)CC2. The van der Waals surface area contributed by atoms with Gasteiger partial charge in [-0.15, -0.1) is 8.78 Å². The zero-order chi connectivity index (χ0) is 33.7. The summed E-state index contributed by atoms with van der Waals surface area (Å²) in [6, 6.07) is 11.2. The summed E-state index contributed by atoms with van der Waals surface area (Å²) in [5.41, 5.74) is 6.59.